The third-order valence-corrected chi connectivity index (χ3v) is 2.24. The van der Waals surface area contributed by atoms with Gasteiger partial charge in [-0.3, -0.25) is 4.79 Å². The van der Waals surface area contributed by atoms with Crippen molar-refractivity contribution in [3.05, 3.63) is 0 Å². The first-order valence-electron chi connectivity index (χ1n) is 5.48. The lowest BCUT2D eigenvalue weighted by Gasteiger charge is -2.23. The van der Waals surface area contributed by atoms with Crippen LogP contribution in [0, 0.1) is 5.92 Å². The largest absolute Gasteiger partial charge is 0.481 e. The lowest BCUT2D eigenvalue weighted by atomic mass is 10.2. The molecule has 16 heavy (non-hydrogen) atoms. The van der Waals surface area contributed by atoms with Crippen LogP contribution in [0.1, 0.15) is 20.3 Å². The van der Waals surface area contributed by atoms with Crippen LogP contribution in [0.2, 0.25) is 0 Å². The van der Waals surface area contributed by atoms with Gasteiger partial charge in [0.25, 0.3) is 0 Å². The molecule has 4 N–H and O–H groups in total. The van der Waals surface area contributed by atoms with Gasteiger partial charge in [0.05, 0.1) is 5.92 Å². The highest BCUT2D eigenvalue weighted by Gasteiger charge is 2.18. The summed E-state index contributed by atoms with van der Waals surface area (Å²) in [5.41, 5.74) is 5.30. The molecule has 0 saturated carbocycles. The van der Waals surface area contributed by atoms with Gasteiger partial charge in [0.1, 0.15) is 0 Å². The number of carboxylic acids is 1. The van der Waals surface area contributed by atoms with Crippen LogP contribution in [0.5, 0.6) is 0 Å². The molecule has 0 radical (unpaired) electrons. The number of amides is 2. The van der Waals surface area contributed by atoms with Gasteiger partial charge in [0.2, 0.25) is 0 Å². The van der Waals surface area contributed by atoms with E-state index >= 15 is 0 Å². The molecule has 0 fully saturated rings. The lowest BCUT2D eigenvalue weighted by Crippen LogP contribution is -2.43. The van der Waals surface area contributed by atoms with Gasteiger partial charge in [-0.2, -0.15) is 0 Å². The molecule has 1 unspecified atom stereocenters. The summed E-state index contributed by atoms with van der Waals surface area (Å²) in [5, 5.41) is 11.4. The smallest absolute Gasteiger partial charge is 0.317 e. The van der Waals surface area contributed by atoms with Crippen LogP contribution in [0.4, 0.5) is 4.79 Å². The Labute approximate surface area is 95.8 Å². The normalized spacial score (nSPS) is 11.9. The molecular formula is C10H21N3O3. The van der Waals surface area contributed by atoms with Crippen molar-refractivity contribution >= 4 is 12.0 Å². The SMILES string of the molecule is CCN(CC(C)C(=O)O)C(=O)NCCCN. The maximum atomic E-state index is 11.6. The molecule has 1 atom stereocenters. The Morgan fingerprint density at radius 2 is 2.12 bits per heavy atom. The van der Waals surface area contributed by atoms with Crippen molar-refractivity contribution < 1.29 is 14.7 Å². The van der Waals surface area contributed by atoms with Crippen LogP contribution >= 0.6 is 0 Å². The first-order chi connectivity index (χ1) is 7.52. The minimum Gasteiger partial charge on any atom is -0.481 e. The number of nitrogens with one attached hydrogen (secondary N) is 1. The second-order valence-electron chi connectivity index (χ2n) is 3.65. The Morgan fingerprint density at radius 1 is 1.50 bits per heavy atom. The van der Waals surface area contributed by atoms with E-state index in [9.17, 15) is 9.59 Å². The molecule has 0 aliphatic heterocycles. The number of carbonyl (C=O) groups excluding carboxylic acids is 1. The number of urea groups is 1. The fourth-order valence-corrected chi connectivity index (χ4v) is 1.17. The number of nitrogens with two attached hydrogens (primary N) is 1. The quantitative estimate of drug-likeness (QED) is 0.541. The number of carbonyl (C=O) groups is 2. The zero-order valence-corrected chi connectivity index (χ0v) is 9.90. The van der Waals surface area contributed by atoms with Crippen LogP contribution in [-0.2, 0) is 4.79 Å². The van der Waals surface area contributed by atoms with Crippen LogP contribution < -0.4 is 11.1 Å². The highest BCUT2D eigenvalue weighted by Crippen LogP contribution is 2.00. The van der Waals surface area contributed by atoms with Crippen molar-refractivity contribution in [1.82, 2.24) is 10.2 Å². The summed E-state index contributed by atoms with van der Waals surface area (Å²) in [7, 11) is 0. The van der Waals surface area contributed by atoms with Gasteiger partial charge in [0.15, 0.2) is 0 Å². The van der Waals surface area contributed by atoms with E-state index in [1.807, 2.05) is 6.92 Å². The van der Waals surface area contributed by atoms with Crippen molar-refractivity contribution in [1.29, 1.82) is 0 Å². The van der Waals surface area contributed by atoms with E-state index in [0.29, 0.717) is 19.6 Å². The first-order valence-corrected chi connectivity index (χ1v) is 5.48. The Morgan fingerprint density at radius 3 is 2.56 bits per heavy atom. The van der Waals surface area contributed by atoms with Gasteiger partial charge in [0, 0.05) is 19.6 Å². The second-order valence-corrected chi connectivity index (χ2v) is 3.65. The third kappa shape index (κ3) is 5.55. The minimum atomic E-state index is -0.895. The van der Waals surface area contributed by atoms with E-state index in [2.05, 4.69) is 5.32 Å². The molecule has 0 aromatic heterocycles. The van der Waals surface area contributed by atoms with E-state index in [4.69, 9.17) is 10.8 Å². The molecule has 6 nitrogen and oxygen atoms in total. The number of hydrogen-bond acceptors (Lipinski definition) is 3. The molecule has 2 amide bonds. The van der Waals surface area contributed by atoms with Crippen LogP contribution in [-0.4, -0.2) is 48.2 Å². The van der Waals surface area contributed by atoms with Gasteiger partial charge < -0.3 is 21.1 Å². The standard InChI is InChI=1S/C10H21N3O3/c1-3-13(7-8(2)9(14)15)10(16)12-6-4-5-11/h8H,3-7,11H2,1-2H3,(H,12,16)(H,14,15). The molecule has 94 valence electrons. The molecule has 0 spiro atoms. The van der Waals surface area contributed by atoms with Gasteiger partial charge in [-0.05, 0) is 19.9 Å². The Balaban J connectivity index is 4.06. The topological polar surface area (TPSA) is 95.7 Å². The summed E-state index contributed by atoms with van der Waals surface area (Å²) < 4.78 is 0. The minimum absolute atomic E-state index is 0.223. The van der Waals surface area contributed by atoms with Gasteiger partial charge in [-0.25, -0.2) is 4.79 Å². The van der Waals surface area contributed by atoms with Gasteiger partial charge in [-0.1, -0.05) is 6.92 Å². The highest BCUT2D eigenvalue weighted by molar-refractivity contribution is 5.75. The Bertz CT molecular complexity index is 233. The van der Waals surface area contributed by atoms with E-state index in [1.165, 1.54) is 4.90 Å². The highest BCUT2D eigenvalue weighted by atomic mass is 16.4. The summed E-state index contributed by atoms with van der Waals surface area (Å²) in [6.07, 6.45) is 0.720. The number of rotatable bonds is 7. The third-order valence-electron chi connectivity index (χ3n) is 2.24. The van der Waals surface area contributed by atoms with Crippen LogP contribution in [0.3, 0.4) is 0 Å². The molecule has 0 saturated heterocycles. The predicted molar refractivity (Wildman–Crippen MR) is 61.1 cm³/mol. The zero-order chi connectivity index (χ0) is 12.6. The molecular weight excluding hydrogens is 210 g/mol. The zero-order valence-electron chi connectivity index (χ0n) is 9.90. The number of aliphatic carboxylic acids is 1. The number of nitrogens with zero attached hydrogens (tertiary/aromatic N) is 1. The number of hydrogen-bond donors (Lipinski definition) is 3. The summed E-state index contributed by atoms with van der Waals surface area (Å²) >= 11 is 0. The van der Waals surface area contributed by atoms with E-state index in [-0.39, 0.29) is 12.6 Å². The lowest BCUT2D eigenvalue weighted by molar-refractivity contribution is -0.141. The van der Waals surface area contributed by atoms with Crippen molar-refractivity contribution in [2.24, 2.45) is 11.7 Å². The van der Waals surface area contributed by atoms with Gasteiger partial charge >= 0.3 is 12.0 Å². The maximum Gasteiger partial charge on any atom is 0.317 e. The van der Waals surface area contributed by atoms with Crippen molar-refractivity contribution in [3.63, 3.8) is 0 Å². The molecule has 0 aliphatic rings. The van der Waals surface area contributed by atoms with Crippen molar-refractivity contribution in [3.8, 4) is 0 Å². The van der Waals surface area contributed by atoms with E-state index in [1.54, 1.807) is 6.92 Å². The average molecular weight is 231 g/mol. The number of carboxylic acid groups (broad SMARTS) is 1. The molecule has 0 aliphatic carbocycles. The second kappa shape index (κ2) is 7.92. The maximum absolute atomic E-state index is 11.6. The van der Waals surface area contributed by atoms with E-state index < -0.39 is 11.9 Å². The summed E-state index contributed by atoms with van der Waals surface area (Å²) in [4.78, 5) is 23.7. The predicted octanol–water partition coefficient (Wildman–Crippen LogP) is 0.0874. The first kappa shape index (κ1) is 14.7. The fourth-order valence-electron chi connectivity index (χ4n) is 1.17. The van der Waals surface area contributed by atoms with Crippen LogP contribution in [0.25, 0.3) is 0 Å². The molecule has 0 rings (SSSR count). The monoisotopic (exact) mass is 231 g/mol. The summed E-state index contributed by atoms with van der Waals surface area (Å²) in [6, 6.07) is -0.232. The van der Waals surface area contributed by atoms with Crippen molar-refractivity contribution in [2.45, 2.75) is 20.3 Å². The summed E-state index contributed by atoms with van der Waals surface area (Å²) in [5.74, 6) is -1.45. The molecule has 6 heteroatoms. The Hall–Kier alpha value is -1.30. The van der Waals surface area contributed by atoms with Crippen molar-refractivity contribution in [2.75, 3.05) is 26.2 Å². The Kier molecular flexibility index (Phi) is 7.28. The fraction of sp³-hybridized carbons (Fsp3) is 0.800. The van der Waals surface area contributed by atoms with Crippen LogP contribution in [0.15, 0.2) is 0 Å². The molecule has 0 aromatic rings. The summed E-state index contributed by atoms with van der Waals surface area (Å²) in [6.45, 7) is 5.16. The molecule has 0 heterocycles. The van der Waals surface area contributed by atoms with E-state index in [0.717, 1.165) is 6.42 Å². The van der Waals surface area contributed by atoms with Gasteiger partial charge in [-0.15, -0.1) is 0 Å². The average Bonchev–Trinajstić information content (AvgIpc) is 2.25. The molecule has 0 bridgehead atoms. The molecule has 0 aromatic carbocycles.